The molecule has 3 nitrogen and oxygen atoms in total. The van der Waals surface area contributed by atoms with Gasteiger partial charge < -0.3 is 10.5 Å². The van der Waals surface area contributed by atoms with E-state index in [9.17, 15) is 4.79 Å². The highest BCUT2D eigenvalue weighted by atomic mass is 79.9. The minimum absolute atomic E-state index is 0. The van der Waals surface area contributed by atoms with Gasteiger partial charge in [0.2, 0.25) is 5.91 Å². The summed E-state index contributed by atoms with van der Waals surface area (Å²) in [6.07, 6.45) is 3.18. The Morgan fingerprint density at radius 2 is 2.24 bits per heavy atom. The van der Waals surface area contributed by atoms with Gasteiger partial charge in [0.25, 0.3) is 0 Å². The topological polar surface area (TPSA) is 52.3 Å². The Kier molecular flexibility index (Phi) is 4.60. The Balaban J connectivity index is 0.00000144. The summed E-state index contributed by atoms with van der Waals surface area (Å²) in [6, 6.07) is 3.97. The molecule has 0 radical (unpaired) electrons. The molecule has 0 atom stereocenters. The van der Waals surface area contributed by atoms with Crippen LogP contribution < -0.4 is 10.5 Å². The van der Waals surface area contributed by atoms with Gasteiger partial charge in [0, 0.05) is 0 Å². The molecule has 1 aliphatic carbocycles. The van der Waals surface area contributed by atoms with Crippen molar-refractivity contribution in [2.45, 2.75) is 12.8 Å². The van der Waals surface area contributed by atoms with Crippen LogP contribution in [0.2, 0.25) is 0 Å². The van der Waals surface area contributed by atoms with Crippen LogP contribution in [0.4, 0.5) is 0 Å². The van der Waals surface area contributed by atoms with Crippen molar-refractivity contribution >= 4 is 39.8 Å². The van der Waals surface area contributed by atoms with Crippen LogP contribution >= 0.6 is 28.3 Å². The molecular weight excluding hydrogens is 305 g/mol. The van der Waals surface area contributed by atoms with Crippen molar-refractivity contribution < 1.29 is 9.53 Å². The van der Waals surface area contributed by atoms with Crippen LogP contribution in [0.1, 0.15) is 17.5 Å². The zero-order valence-electron chi connectivity index (χ0n) is 9.33. The molecule has 0 aromatic heterocycles. The SMILES string of the molecule is COc1cc2c(cc1Br)CC=C2CC(N)=O.Cl. The van der Waals surface area contributed by atoms with Crippen molar-refractivity contribution in [2.75, 3.05) is 7.11 Å². The first-order chi connectivity index (χ1) is 7.61. The molecule has 0 aliphatic heterocycles. The Morgan fingerprint density at radius 1 is 1.53 bits per heavy atom. The van der Waals surface area contributed by atoms with E-state index in [4.69, 9.17) is 10.5 Å². The average molecular weight is 319 g/mol. The first kappa shape index (κ1) is 14.1. The van der Waals surface area contributed by atoms with E-state index in [0.717, 1.165) is 27.8 Å². The number of methoxy groups -OCH3 is 1. The monoisotopic (exact) mass is 317 g/mol. The number of benzene rings is 1. The molecule has 1 aliphatic rings. The number of carbonyl (C=O) groups is 1. The Hall–Kier alpha value is -1.00. The van der Waals surface area contributed by atoms with Gasteiger partial charge in [-0.2, -0.15) is 0 Å². The summed E-state index contributed by atoms with van der Waals surface area (Å²) in [4.78, 5) is 10.9. The highest BCUT2D eigenvalue weighted by molar-refractivity contribution is 9.10. The number of hydrogen-bond acceptors (Lipinski definition) is 2. The molecule has 0 heterocycles. The van der Waals surface area contributed by atoms with Crippen molar-refractivity contribution in [1.82, 2.24) is 0 Å². The molecule has 2 rings (SSSR count). The standard InChI is InChI=1S/C12H12BrNO2.ClH/c1-16-11-6-9-7(4-10(11)13)2-3-8(9)5-12(14)15;/h3-4,6H,2,5H2,1H3,(H2,14,15);1H. The lowest BCUT2D eigenvalue weighted by Gasteiger charge is -2.09. The van der Waals surface area contributed by atoms with E-state index in [-0.39, 0.29) is 24.7 Å². The lowest BCUT2D eigenvalue weighted by atomic mass is 10.0. The lowest BCUT2D eigenvalue weighted by Crippen LogP contribution is -2.10. The fourth-order valence-electron chi connectivity index (χ4n) is 1.92. The summed E-state index contributed by atoms with van der Waals surface area (Å²) in [5.41, 5.74) is 8.47. The van der Waals surface area contributed by atoms with Gasteiger partial charge in [-0.15, -0.1) is 12.4 Å². The number of allylic oxidation sites excluding steroid dienone is 1. The second kappa shape index (κ2) is 5.56. The number of hydrogen-bond donors (Lipinski definition) is 1. The van der Waals surface area contributed by atoms with Gasteiger partial charge in [0.1, 0.15) is 5.75 Å². The largest absolute Gasteiger partial charge is 0.496 e. The Labute approximate surface area is 115 Å². The quantitative estimate of drug-likeness (QED) is 0.931. The Bertz CT molecular complexity index is 486. The minimum atomic E-state index is -0.305. The summed E-state index contributed by atoms with van der Waals surface area (Å²) in [5, 5.41) is 0. The van der Waals surface area contributed by atoms with Gasteiger partial charge in [-0.05, 0) is 51.2 Å². The third-order valence-electron chi connectivity index (χ3n) is 2.66. The molecule has 0 bridgehead atoms. The van der Waals surface area contributed by atoms with E-state index in [1.54, 1.807) is 7.11 Å². The number of carbonyl (C=O) groups excluding carboxylic acids is 1. The predicted octanol–water partition coefficient (Wildman–Crippen LogP) is 2.69. The van der Waals surface area contributed by atoms with E-state index >= 15 is 0 Å². The molecule has 1 amide bonds. The maximum absolute atomic E-state index is 10.9. The van der Waals surface area contributed by atoms with Crippen LogP contribution in [-0.2, 0) is 11.2 Å². The van der Waals surface area contributed by atoms with E-state index in [1.165, 1.54) is 5.56 Å². The number of fused-ring (bicyclic) bond motifs is 1. The number of halogens is 2. The van der Waals surface area contributed by atoms with E-state index in [2.05, 4.69) is 15.9 Å². The van der Waals surface area contributed by atoms with Crippen molar-refractivity contribution in [3.8, 4) is 5.75 Å². The number of rotatable bonds is 3. The molecule has 0 fully saturated rings. The van der Waals surface area contributed by atoms with Crippen LogP contribution in [0.5, 0.6) is 5.75 Å². The zero-order chi connectivity index (χ0) is 11.7. The van der Waals surface area contributed by atoms with Crippen LogP contribution in [0, 0.1) is 0 Å². The van der Waals surface area contributed by atoms with Gasteiger partial charge in [0.05, 0.1) is 18.0 Å². The van der Waals surface area contributed by atoms with E-state index in [1.807, 2.05) is 18.2 Å². The third kappa shape index (κ3) is 2.82. The summed E-state index contributed by atoms with van der Waals surface area (Å²) in [5.74, 6) is 0.469. The van der Waals surface area contributed by atoms with Crippen molar-refractivity contribution in [3.05, 3.63) is 33.8 Å². The van der Waals surface area contributed by atoms with Gasteiger partial charge in [0.15, 0.2) is 0 Å². The summed E-state index contributed by atoms with van der Waals surface area (Å²) in [7, 11) is 1.62. The van der Waals surface area contributed by atoms with E-state index < -0.39 is 0 Å². The second-order valence-electron chi connectivity index (χ2n) is 3.72. The molecule has 1 aromatic carbocycles. The summed E-state index contributed by atoms with van der Waals surface area (Å²) < 4.78 is 6.17. The lowest BCUT2D eigenvalue weighted by molar-refractivity contribution is -0.117. The van der Waals surface area contributed by atoms with Crippen LogP contribution in [0.25, 0.3) is 5.57 Å². The van der Waals surface area contributed by atoms with Gasteiger partial charge >= 0.3 is 0 Å². The van der Waals surface area contributed by atoms with Crippen molar-refractivity contribution in [1.29, 1.82) is 0 Å². The third-order valence-corrected chi connectivity index (χ3v) is 3.28. The molecule has 0 saturated carbocycles. The Morgan fingerprint density at radius 3 is 2.82 bits per heavy atom. The highest BCUT2D eigenvalue weighted by Crippen LogP contribution is 2.36. The molecule has 5 heteroatoms. The van der Waals surface area contributed by atoms with E-state index in [0.29, 0.717) is 0 Å². The smallest absolute Gasteiger partial charge is 0.221 e. The summed E-state index contributed by atoms with van der Waals surface area (Å²) >= 11 is 3.44. The first-order valence-corrected chi connectivity index (χ1v) is 5.75. The maximum Gasteiger partial charge on any atom is 0.221 e. The average Bonchev–Trinajstić information content (AvgIpc) is 2.59. The molecule has 0 spiro atoms. The zero-order valence-corrected chi connectivity index (χ0v) is 11.7. The van der Waals surface area contributed by atoms with Crippen LogP contribution in [0.3, 0.4) is 0 Å². The number of nitrogens with two attached hydrogens (primary N) is 1. The van der Waals surface area contributed by atoms with Crippen molar-refractivity contribution in [2.24, 2.45) is 5.73 Å². The first-order valence-electron chi connectivity index (χ1n) is 4.96. The fourth-order valence-corrected chi connectivity index (χ4v) is 2.47. The molecule has 92 valence electrons. The molecule has 0 saturated heterocycles. The van der Waals surface area contributed by atoms with Crippen LogP contribution in [-0.4, -0.2) is 13.0 Å². The second-order valence-corrected chi connectivity index (χ2v) is 4.57. The predicted molar refractivity (Wildman–Crippen MR) is 73.4 cm³/mol. The van der Waals surface area contributed by atoms with Gasteiger partial charge in [-0.3, -0.25) is 4.79 Å². The van der Waals surface area contributed by atoms with Crippen LogP contribution in [0.15, 0.2) is 22.7 Å². The molecule has 0 unspecified atom stereocenters. The van der Waals surface area contributed by atoms with Gasteiger partial charge in [-0.1, -0.05) is 6.08 Å². The normalized spacial score (nSPS) is 12.5. The molecule has 17 heavy (non-hydrogen) atoms. The summed E-state index contributed by atoms with van der Waals surface area (Å²) in [6.45, 7) is 0. The van der Waals surface area contributed by atoms with Crippen molar-refractivity contribution in [3.63, 3.8) is 0 Å². The van der Waals surface area contributed by atoms with Gasteiger partial charge in [-0.25, -0.2) is 0 Å². The highest BCUT2D eigenvalue weighted by Gasteiger charge is 2.18. The minimum Gasteiger partial charge on any atom is -0.496 e. The number of ether oxygens (including phenoxy) is 1. The molecular formula is C12H13BrClNO2. The molecule has 1 aromatic rings. The molecule has 2 N–H and O–H groups in total. The number of primary amides is 1. The number of amides is 1. The maximum atomic E-state index is 10.9. The fraction of sp³-hybridized carbons (Fsp3) is 0.250.